The molecule has 3 aliphatic heterocycles. The molecule has 0 aliphatic carbocycles. The highest BCUT2D eigenvalue weighted by Gasteiger charge is 2.61. The smallest absolute Gasteiger partial charge is 0.462 e. The van der Waals surface area contributed by atoms with E-state index in [9.17, 15) is 24.0 Å². The minimum absolute atomic E-state index is 0.0317. The summed E-state index contributed by atoms with van der Waals surface area (Å²) in [5, 5.41) is 0. The van der Waals surface area contributed by atoms with Gasteiger partial charge in [-0.15, -0.1) is 0 Å². The van der Waals surface area contributed by atoms with Crippen molar-refractivity contribution in [3.63, 3.8) is 0 Å². The number of esters is 3. The highest BCUT2D eigenvalue weighted by atomic mass is 16.8. The zero-order valence-electron chi connectivity index (χ0n) is 37.6. The van der Waals surface area contributed by atoms with Gasteiger partial charge in [0, 0.05) is 33.1 Å². The molecule has 16 heteroatoms. The highest BCUT2D eigenvalue weighted by Crippen LogP contribution is 2.45. The standard InChI is InChI=1S/C51H56O16/c1-33(53)58-31-43(62-34(2)54)47(63-35(3)55)48-46-41(65-50(56)66-46)25-51(32-52,67-48)24-40-44(59-27-37-18-10-5-11-19-37)42(30-57-26-36-16-8-4-9-17-36)64-49(61-29-39-22-14-7-15-23-39)45(40)60-28-38-20-12-6-13-21-38/h4-23,32,40-49H,24-31H2,1-3H3/t40-,41-,42+,43+,44+,45+,46-,47+,48+,49+,51+/m0/s1. The van der Waals surface area contributed by atoms with E-state index in [1.807, 2.05) is 121 Å². The van der Waals surface area contributed by atoms with Crippen molar-refractivity contribution in [2.24, 2.45) is 5.92 Å². The zero-order valence-corrected chi connectivity index (χ0v) is 37.6. The molecule has 7 rings (SSSR count). The lowest BCUT2D eigenvalue weighted by Crippen LogP contribution is -2.64. The molecule has 0 unspecified atom stereocenters. The minimum atomic E-state index is -1.86. The van der Waals surface area contributed by atoms with Gasteiger partial charge in [0.05, 0.1) is 39.1 Å². The quantitative estimate of drug-likeness (QED) is 0.0480. The number of carbonyl (C=O) groups excluding carboxylic acids is 5. The predicted molar refractivity (Wildman–Crippen MR) is 235 cm³/mol. The average molecular weight is 925 g/mol. The Morgan fingerprint density at radius 1 is 0.672 bits per heavy atom. The van der Waals surface area contributed by atoms with Gasteiger partial charge < -0.3 is 56.9 Å². The van der Waals surface area contributed by atoms with E-state index in [2.05, 4.69) is 0 Å². The number of rotatable bonds is 22. The maximum atomic E-state index is 14.0. The molecule has 3 heterocycles. The molecule has 67 heavy (non-hydrogen) atoms. The lowest BCUT2D eigenvalue weighted by Gasteiger charge is -2.50. The van der Waals surface area contributed by atoms with Crippen LogP contribution in [0.15, 0.2) is 121 Å². The van der Waals surface area contributed by atoms with Crippen LogP contribution in [0.3, 0.4) is 0 Å². The Hall–Kier alpha value is -6.01. The summed E-state index contributed by atoms with van der Waals surface area (Å²) in [6.07, 6.45) is -11.4. The second-order valence-electron chi connectivity index (χ2n) is 16.7. The number of fused-ring (bicyclic) bond motifs is 1. The molecule has 0 radical (unpaired) electrons. The fraction of sp³-hybridized carbons (Fsp3) is 0.431. The normalized spacial score (nSPS) is 26.5. The Bertz CT molecular complexity index is 2210. The van der Waals surface area contributed by atoms with E-state index in [1.165, 1.54) is 0 Å². The van der Waals surface area contributed by atoms with Crippen LogP contribution in [0.25, 0.3) is 0 Å². The summed E-state index contributed by atoms with van der Waals surface area (Å²) in [4.78, 5) is 64.3. The Labute approximate surface area is 388 Å². The van der Waals surface area contributed by atoms with Crippen LogP contribution in [0.2, 0.25) is 0 Å². The van der Waals surface area contributed by atoms with Gasteiger partial charge >= 0.3 is 24.1 Å². The summed E-state index contributed by atoms with van der Waals surface area (Å²) < 4.78 is 68.3. The van der Waals surface area contributed by atoms with E-state index in [4.69, 9.17) is 52.1 Å². The second-order valence-corrected chi connectivity index (χ2v) is 16.7. The van der Waals surface area contributed by atoms with Gasteiger partial charge in [-0.1, -0.05) is 121 Å². The minimum Gasteiger partial charge on any atom is -0.462 e. The Morgan fingerprint density at radius 3 is 1.72 bits per heavy atom. The molecule has 0 N–H and O–H groups in total. The van der Waals surface area contributed by atoms with Gasteiger partial charge in [0.15, 0.2) is 30.9 Å². The number of carbonyl (C=O) groups is 5. The third-order valence-electron chi connectivity index (χ3n) is 11.7. The molecule has 0 aromatic heterocycles. The number of benzene rings is 4. The van der Waals surface area contributed by atoms with Crippen LogP contribution >= 0.6 is 0 Å². The number of ether oxygens (including phenoxy) is 11. The molecule has 0 saturated carbocycles. The summed E-state index contributed by atoms with van der Waals surface area (Å²) in [6, 6.07) is 38.3. The van der Waals surface area contributed by atoms with Crippen LogP contribution in [0, 0.1) is 5.92 Å². The molecule has 356 valence electrons. The van der Waals surface area contributed by atoms with Crippen molar-refractivity contribution in [2.45, 2.75) is 121 Å². The summed E-state index contributed by atoms with van der Waals surface area (Å²) in [7, 11) is 0. The highest BCUT2D eigenvalue weighted by molar-refractivity contribution is 5.69. The van der Waals surface area contributed by atoms with Crippen molar-refractivity contribution in [3.05, 3.63) is 144 Å². The van der Waals surface area contributed by atoms with E-state index < -0.39 is 97.3 Å². The largest absolute Gasteiger partial charge is 0.509 e. The molecule has 0 amide bonds. The molecule has 16 nitrogen and oxygen atoms in total. The number of hydrogen-bond acceptors (Lipinski definition) is 16. The lowest BCUT2D eigenvalue weighted by molar-refractivity contribution is -0.320. The first kappa shape index (κ1) is 48.9. The molecule has 3 saturated heterocycles. The molecule has 0 bridgehead atoms. The van der Waals surface area contributed by atoms with E-state index in [0.29, 0.717) is 6.29 Å². The molecular formula is C51H56O16. The maximum absolute atomic E-state index is 14.0. The van der Waals surface area contributed by atoms with Crippen molar-refractivity contribution in [1.29, 1.82) is 0 Å². The van der Waals surface area contributed by atoms with Gasteiger partial charge in [-0.2, -0.15) is 0 Å². The second kappa shape index (κ2) is 23.6. The van der Waals surface area contributed by atoms with Gasteiger partial charge in [-0.3, -0.25) is 14.4 Å². The zero-order chi connectivity index (χ0) is 47.2. The molecule has 3 fully saturated rings. The Kier molecular flexibility index (Phi) is 17.3. The van der Waals surface area contributed by atoms with Crippen LogP contribution in [-0.4, -0.2) is 104 Å². The molecule has 11 atom stereocenters. The molecule has 3 aliphatic rings. The lowest BCUT2D eigenvalue weighted by atomic mass is 9.75. The van der Waals surface area contributed by atoms with E-state index in [-0.39, 0.29) is 45.9 Å². The van der Waals surface area contributed by atoms with Gasteiger partial charge in [-0.05, 0) is 28.7 Å². The number of aldehydes is 1. The van der Waals surface area contributed by atoms with Gasteiger partial charge in [-0.25, -0.2) is 4.79 Å². The van der Waals surface area contributed by atoms with Gasteiger partial charge in [0.2, 0.25) is 0 Å². The summed E-state index contributed by atoms with van der Waals surface area (Å²) >= 11 is 0. The van der Waals surface area contributed by atoms with Gasteiger partial charge in [0.25, 0.3) is 0 Å². The molecular weight excluding hydrogens is 869 g/mol. The third-order valence-corrected chi connectivity index (χ3v) is 11.7. The summed E-state index contributed by atoms with van der Waals surface area (Å²) in [5.41, 5.74) is 1.66. The van der Waals surface area contributed by atoms with Crippen molar-refractivity contribution >= 4 is 30.3 Å². The van der Waals surface area contributed by atoms with Crippen molar-refractivity contribution in [3.8, 4) is 0 Å². The first-order valence-electron chi connectivity index (χ1n) is 22.2. The van der Waals surface area contributed by atoms with Gasteiger partial charge in [0.1, 0.15) is 36.6 Å². The predicted octanol–water partition coefficient (Wildman–Crippen LogP) is 6.38. The molecule has 4 aromatic carbocycles. The first-order chi connectivity index (χ1) is 32.5. The van der Waals surface area contributed by atoms with E-state index >= 15 is 0 Å². The van der Waals surface area contributed by atoms with E-state index in [1.54, 1.807) is 0 Å². The third kappa shape index (κ3) is 13.6. The summed E-state index contributed by atoms with van der Waals surface area (Å²) in [6.45, 7) is 3.49. The first-order valence-corrected chi connectivity index (χ1v) is 22.2. The summed E-state index contributed by atoms with van der Waals surface area (Å²) in [5.74, 6) is -3.15. The van der Waals surface area contributed by atoms with Crippen LogP contribution in [-0.2, 0) is 97.7 Å². The SMILES string of the molecule is CC(=O)OC[C@@H](OC(C)=O)[C@@H](OC(C)=O)[C@@H]1O[C@](C=O)(C[C@H]2[C@@H](OCc3ccccc3)[C@@H](COCc3ccccc3)O[C@@H](OCc3ccccc3)[C@@H]2OCc2ccccc2)C[C@@H]2OC(=O)O[C@H]12. The topological polar surface area (TPSA) is 187 Å². The molecule has 0 spiro atoms. The Balaban J connectivity index is 1.31. The fourth-order valence-corrected chi connectivity index (χ4v) is 8.71. The van der Waals surface area contributed by atoms with Crippen LogP contribution in [0.5, 0.6) is 0 Å². The fourth-order valence-electron chi connectivity index (χ4n) is 8.71. The Morgan fingerprint density at radius 2 is 1.19 bits per heavy atom. The van der Waals surface area contributed by atoms with Crippen molar-refractivity contribution < 1.29 is 76.1 Å². The van der Waals surface area contributed by atoms with Crippen LogP contribution in [0.4, 0.5) is 4.79 Å². The molecule has 4 aromatic rings. The van der Waals surface area contributed by atoms with Crippen LogP contribution in [0.1, 0.15) is 55.9 Å². The van der Waals surface area contributed by atoms with Crippen molar-refractivity contribution in [1.82, 2.24) is 0 Å². The van der Waals surface area contributed by atoms with E-state index in [0.717, 1.165) is 43.0 Å². The maximum Gasteiger partial charge on any atom is 0.509 e. The van der Waals surface area contributed by atoms with Crippen molar-refractivity contribution in [2.75, 3.05) is 13.2 Å². The average Bonchev–Trinajstić information content (AvgIpc) is 3.71. The van der Waals surface area contributed by atoms with Crippen LogP contribution < -0.4 is 0 Å². The number of hydrogen-bond donors (Lipinski definition) is 0. The monoisotopic (exact) mass is 924 g/mol.